The maximum atomic E-state index is 12.1. The molecule has 0 fully saturated rings. The second kappa shape index (κ2) is 8.84. The third kappa shape index (κ3) is 5.57. The highest BCUT2D eigenvalue weighted by Gasteiger charge is 2.08. The summed E-state index contributed by atoms with van der Waals surface area (Å²) in [5.74, 6) is -0.330. The Morgan fingerprint density at radius 1 is 0.852 bits per heavy atom. The molecule has 7 nitrogen and oxygen atoms in total. The number of nitrogens with zero attached hydrogens (tertiary/aromatic N) is 2. The molecular formula is C20H24N4O3. The van der Waals surface area contributed by atoms with Crippen molar-refractivity contribution in [1.82, 2.24) is 4.90 Å². The zero-order valence-corrected chi connectivity index (χ0v) is 15.9. The maximum Gasteiger partial charge on any atom is 0.253 e. The molecule has 0 aliphatic heterocycles. The van der Waals surface area contributed by atoms with Crippen molar-refractivity contribution < 1.29 is 14.4 Å². The molecule has 2 aromatic carbocycles. The van der Waals surface area contributed by atoms with Gasteiger partial charge in [-0.25, -0.2) is 0 Å². The van der Waals surface area contributed by atoms with E-state index in [-0.39, 0.29) is 24.3 Å². The van der Waals surface area contributed by atoms with E-state index >= 15 is 0 Å². The van der Waals surface area contributed by atoms with Crippen LogP contribution in [0.4, 0.5) is 17.1 Å². The summed E-state index contributed by atoms with van der Waals surface area (Å²) < 4.78 is 0. The number of benzene rings is 2. The fraction of sp³-hybridized carbons (Fsp3) is 0.250. The molecule has 2 N–H and O–H groups in total. The van der Waals surface area contributed by atoms with E-state index in [2.05, 4.69) is 10.6 Å². The number of rotatable bonds is 6. The zero-order valence-electron chi connectivity index (χ0n) is 15.9. The Bertz CT molecular complexity index is 814. The van der Waals surface area contributed by atoms with Crippen molar-refractivity contribution >= 4 is 34.8 Å². The number of hydrogen-bond donors (Lipinski definition) is 2. The molecule has 0 saturated heterocycles. The van der Waals surface area contributed by atoms with Crippen LogP contribution in [0, 0.1) is 0 Å². The third-order valence-electron chi connectivity index (χ3n) is 4.00. The zero-order chi connectivity index (χ0) is 20.0. The number of carbonyl (C=O) groups excluding carboxylic acids is 3. The van der Waals surface area contributed by atoms with Crippen LogP contribution in [-0.2, 0) is 9.59 Å². The number of nitrogens with one attached hydrogen (secondary N) is 2. The number of anilines is 3. The molecule has 2 rings (SSSR count). The van der Waals surface area contributed by atoms with Crippen LogP contribution in [0.25, 0.3) is 0 Å². The first kappa shape index (κ1) is 20.0. The topological polar surface area (TPSA) is 81.8 Å². The van der Waals surface area contributed by atoms with E-state index in [9.17, 15) is 14.4 Å². The molecule has 0 atom stereocenters. The highest BCUT2D eigenvalue weighted by molar-refractivity contribution is 5.96. The Morgan fingerprint density at radius 2 is 1.41 bits per heavy atom. The molecule has 0 spiro atoms. The molecular weight excluding hydrogens is 344 g/mol. The van der Waals surface area contributed by atoms with Crippen LogP contribution in [0.2, 0.25) is 0 Å². The standard InChI is InChI=1S/C20H24N4O3/c1-14(25)24(4)18-11-9-17(10-12-18)22-19(26)13-21-16-7-5-15(6-8-16)20(27)23(2)3/h5-12,21H,13H2,1-4H3,(H,22,26). The van der Waals surface area contributed by atoms with Gasteiger partial charge in [-0.2, -0.15) is 0 Å². The van der Waals surface area contributed by atoms with Gasteiger partial charge in [-0.1, -0.05) is 0 Å². The molecule has 0 unspecified atom stereocenters. The van der Waals surface area contributed by atoms with Gasteiger partial charge in [0.05, 0.1) is 6.54 Å². The molecule has 7 heteroatoms. The molecule has 27 heavy (non-hydrogen) atoms. The third-order valence-corrected chi connectivity index (χ3v) is 4.00. The summed E-state index contributed by atoms with van der Waals surface area (Å²) in [4.78, 5) is 38.3. The smallest absolute Gasteiger partial charge is 0.253 e. The summed E-state index contributed by atoms with van der Waals surface area (Å²) in [6, 6.07) is 14.0. The van der Waals surface area contributed by atoms with Gasteiger partial charge in [0.25, 0.3) is 5.91 Å². The summed E-state index contributed by atoms with van der Waals surface area (Å²) in [5.41, 5.74) is 2.74. The first-order valence-corrected chi connectivity index (χ1v) is 8.47. The lowest BCUT2D eigenvalue weighted by atomic mass is 10.2. The van der Waals surface area contributed by atoms with Crippen molar-refractivity contribution in [3.8, 4) is 0 Å². The predicted molar refractivity (Wildman–Crippen MR) is 107 cm³/mol. The molecule has 142 valence electrons. The maximum absolute atomic E-state index is 12.1. The first-order chi connectivity index (χ1) is 12.8. The van der Waals surface area contributed by atoms with E-state index in [4.69, 9.17) is 0 Å². The lowest BCUT2D eigenvalue weighted by Crippen LogP contribution is -2.23. The van der Waals surface area contributed by atoms with Crippen molar-refractivity contribution in [1.29, 1.82) is 0 Å². The summed E-state index contributed by atoms with van der Waals surface area (Å²) in [5, 5.41) is 5.80. The molecule has 0 aliphatic rings. The number of amides is 3. The molecule has 0 aromatic heterocycles. The van der Waals surface area contributed by atoms with Crippen LogP contribution in [-0.4, -0.2) is 50.3 Å². The Balaban J connectivity index is 1.87. The van der Waals surface area contributed by atoms with Crippen LogP contribution in [0.15, 0.2) is 48.5 Å². The van der Waals surface area contributed by atoms with Crippen molar-refractivity contribution in [2.45, 2.75) is 6.92 Å². The second-order valence-electron chi connectivity index (χ2n) is 6.30. The Morgan fingerprint density at radius 3 is 1.93 bits per heavy atom. The van der Waals surface area contributed by atoms with Gasteiger partial charge < -0.3 is 20.4 Å². The highest BCUT2D eigenvalue weighted by Crippen LogP contribution is 2.17. The Kier molecular flexibility index (Phi) is 6.54. The van der Waals surface area contributed by atoms with E-state index in [1.54, 1.807) is 69.7 Å². The van der Waals surface area contributed by atoms with E-state index < -0.39 is 0 Å². The molecule has 0 aliphatic carbocycles. The minimum Gasteiger partial charge on any atom is -0.376 e. The number of carbonyl (C=O) groups is 3. The lowest BCUT2D eigenvalue weighted by Gasteiger charge is -2.15. The highest BCUT2D eigenvalue weighted by atomic mass is 16.2. The Labute approximate surface area is 159 Å². The van der Waals surface area contributed by atoms with Crippen LogP contribution in [0.1, 0.15) is 17.3 Å². The van der Waals surface area contributed by atoms with Gasteiger partial charge >= 0.3 is 0 Å². The van der Waals surface area contributed by atoms with E-state index in [1.165, 1.54) is 16.7 Å². The minimum atomic E-state index is -0.198. The van der Waals surface area contributed by atoms with Gasteiger partial charge in [-0.3, -0.25) is 14.4 Å². The van der Waals surface area contributed by atoms with Gasteiger partial charge in [0, 0.05) is 50.7 Å². The van der Waals surface area contributed by atoms with Crippen LogP contribution >= 0.6 is 0 Å². The first-order valence-electron chi connectivity index (χ1n) is 8.47. The van der Waals surface area contributed by atoms with Crippen LogP contribution in [0.5, 0.6) is 0 Å². The van der Waals surface area contributed by atoms with Gasteiger partial charge in [-0.05, 0) is 48.5 Å². The summed E-state index contributed by atoms with van der Waals surface area (Å²) in [7, 11) is 5.09. The SMILES string of the molecule is CC(=O)N(C)c1ccc(NC(=O)CNc2ccc(C(=O)N(C)C)cc2)cc1. The molecule has 2 aromatic rings. The number of hydrogen-bond acceptors (Lipinski definition) is 4. The van der Waals surface area contributed by atoms with Gasteiger partial charge in [-0.15, -0.1) is 0 Å². The quantitative estimate of drug-likeness (QED) is 0.820. The van der Waals surface area contributed by atoms with Crippen molar-refractivity contribution in [3.05, 3.63) is 54.1 Å². The van der Waals surface area contributed by atoms with E-state index in [0.717, 1.165) is 11.4 Å². The average Bonchev–Trinajstić information content (AvgIpc) is 2.66. The predicted octanol–water partition coefficient (Wildman–Crippen LogP) is 2.42. The van der Waals surface area contributed by atoms with Gasteiger partial charge in [0.15, 0.2) is 0 Å². The average molecular weight is 368 g/mol. The molecule has 0 heterocycles. The molecule has 3 amide bonds. The van der Waals surface area contributed by atoms with Gasteiger partial charge in [0.1, 0.15) is 0 Å². The Hall–Kier alpha value is -3.35. The van der Waals surface area contributed by atoms with E-state index in [0.29, 0.717) is 11.3 Å². The minimum absolute atomic E-state index is 0.0608. The summed E-state index contributed by atoms with van der Waals surface area (Å²) in [6.45, 7) is 1.58. The van der Waals surface area contributed by atoms with E-state index in [1.807, 2.05) is 0 Å². The van der Waals surface area contributed by atoms with Crippen molar-refractivity contribution in [2.75, 3.05) is 43.2 Å². The van der Waals surface area contributed by atoms with Crippen LogP contribution in [0.3, 0.4) is 0 Å². The van der Waals surface area contributed by atoms with Gasteiger partial charge in [0.2, 0.25) is 11.8 Å². The summed E-state index contributed by atoms with van der Waals surface area (Å²) in [6.07, 6.45) is 0. The fourth-order valence-corrected chi connectivity index (χ4v) is 2.33. The van der Waals surface area contributed by atoms with Crippen molar-refractivity contribution in [2.24, 2.45) is 0 Å². The fourth-order valence-electron chi connectivity index (χ4n) is 2.33. The second-order valence-corrected chi connectivity index (χ2v) is 6.30. The van der Waals surface area contributed by atoms with Crippen molar-refractivity contribution in [3.63, 3.8) is 0 Å². The van der Waals surface area contributed by atoms with Crippen LogP contribution < -0.4 is 15.5 Å². The summed E-state index contributed by atoms with van der Waals surface area (Å²) >= 11 is 0. The molecule has 0 saturated carbocycles. The molecule has 0 radical (unpaired) electrons. The normalized spacial score (nSPS) is 10.1. The largest absolute Gasteiger partial charge is 0.376 e. The lowest BCUT2D eigenvalue weighted by molar-refractivity contribution is -0.116. The monoisotopic (exact) mass is 368 g/mol. The molecule has 0 bridgehead atoms.